The topological polar surface area (TPSA) is 54.7 Å². The van der Waals surface area contributed by atoms with Gasteiger partial charge < -0.3 is 14.5 Å². The van der Waals surface area contributed by atoms with E-state index in [0.29, 0.717) is 12.3 Å². The Bertz CT molecular complexity index is 717. The van der Waals surface area contributed by atoms with E-state index in [1.54, 1.807) is 0 Å². The van der Waals surface area contributed by atoms with E-state index < -0.39 is 0 Å². The Morgan fingerprint density at radius 2 is 1.88 bits per heavy atom. The summed E-state index contributed by atoms with van der Waals surface area (Å²) in [5.74, 6) is 2.14. The van der Waals surface area contributed by atoms with Crippen molar-refractivity contribution < 1.29 is 13.9 Å². The van der Waals surface area contributed by atoms with Gasteiger partial charge in [0.2, 0.25) is 0 Å². The number of amides is 1. The molecule has 0 aliphatic rings. The number of hydrogen-bond donors (Lipinski definition) is 1. The molecule has 0 aliphatic carbocycles. The molecule has 0 unspecified atom stereocenters. The summed E-state index contributed by atoms with van der Waals surface area (Å²) in [6.07, 6.45) is 0. The molecule has 25 heavy (non-hydrogen) atoms. The van der Waals surface area contributed by atoms with Crippen molar-refractivity contribution in [2.45, 2.75) is 26.8 Å². The van der Waals surface area contributed by atoms with Gasteiger partial charge in [-0.15, -0.1) is 0 Å². The Balaban J connectivity index is 1.89. The summed E-state index contributed by atoms with van der Waals surface area (Å²) in [7, 11) is 3.90. The third-order valence-electron chi connectivity index (χ3n) is 3.99. The number of ether oxygens (including phenoxy) is 1. The molecule has 5 nitrogen and oxygen atoms in total. The molecule has 1 amide bonds. The van der Waals surface area contributed by atoms with Gasteiger partial charge in [-0.05, 0) is 70.3 Å². The number of rotatable bonds is 7. The van der Waals surface area contributed by atoms with Crippen LogP contribution < -0.4 is 10.1 Å². The second kappa shape index (κ2) is 8.41. The quantitative estimate of drug-likeness (QED) is 0.814. The van der Waals surface area contributed by atoms with Crippen LogP contribution in [-0.4, -0.2) is 38.1 Å². The molecule has 136 valence electrons. The number of hydrogen-bond acceptors (Lipinski definition) is 4. The highest BCUT2D eigenvalue weighted by atomic mass is 35.5. The van der Waals surface area contributed by atoms with Gasteiger partial charge in [-0.2, -0.15) is 0 Å². The fraction of sp³-hybridized carbons (Fsp3) is 0.421. The van der Waals surface area contributed by atoms with Gasteiger partial charge in [0.25, 0.3) is 5.91 Å². The predicted octanol–water partition coefficient (Wildman–Crippen LogP) is 3.66. The number of furan rings is 1. The Morgan fingerprint density at radius 3 is 2.40 bits per heavy atom. The van der Waals surface area contributed by atoms with Crippen molar-refractivity contribution in [2.24, 2.45) is 0 Å². The molecule has 0 saturated heterocycles. The fourth-order valence-corrected chi connectivity index (χ4v) is 2.68. The first kappa shape index (κ1) is 19.3. The highest BCUT2D eigenvalue weighted by Crippen LogP contribution is 2.25. The molecular formula is C19H25ClN2O3. The fourth-order valence-electron chi connectivity index (χ4n) is 2.57. The predicted molar refractivity (Wildman–Crippen MR) is 99.3 cm³/mol. The largest absolute Gasteiger partial charge is 0.484 e. The molecule has 1 aromatic carbocycles. The first-order valence-electron chi connectivity index (χ1n) is 8.17. The van der Waals surface area contributed by atoms with Gasteiger partial charge in [0.15, 0.2) is 6.61 Å². The number of likely N-dealkylation sites (N-methyl/N-ethyl adjacent to an activating group) is 1. The van der Waals surface area contributed by atoms with E-state index in [0.717, 1.165) is 27.7 Å². The van der Waals surface area contributed by atoms with Crippen LogP contribution in [0.25, 0.3) is 0 Å². The average Bonchev–Trinajstić information content (AvgIpc) is 2.96. The van der Waals surface area contributed by atoms with Crippen molar-refractivity contribution in [3.63, 3.8) is 0 Å². The van der Waals surface area contributed by atoms with Crippen LogP contribution in [0.2, 0.25) is 5.02 Å². The molecule has 1 heterocycles. The molecule has 2 rings (SSSR count). The van der Waals surface area contributed by atoms with E-state index in [1.807, 2.05) is 64.0 Å². The lowest BCUT2D eigenvalue weighted by Gasteiger charge is -2.22. The van der Waals surface area contributed by atoms with Crippen LogP contribution in [0.1, 0.15) is 28.7 Å². The SMILES string of the molecule is Cc1ccc([C@H](CNC(=O)COc2cc(C)c(Cl)c(C)c2)N(C)C)o1. The van der Waals surface area contributed by atoms with Gasteiger partial charge in [0.05, 0.1) is 6.04 Å². The van der Waals surface area contributed by atoms with Crippen LogP contribution in [-0.2, 0) is 4.79 Å². The minimum atomic E-state index is -0.180. The Morgan fingerprint density at radius 1 is 1.24 bits per heavy atom. The highest BCUT2D eigenvalue weighted by molar-refractivity contribution is 6.32. The second-order valence-corrected chi connectivity index (χ2v) is 6.77. The van der Waals surface area contributed by atoms with E-state index in [1.165, 1.54) is 0 Å². The first-order valence-corrected chi connectivity index (χ1v) is 8.54. The molecule has 0 saturated carbocycles. The molecular weight excluding hydrogens is 340 g/mol. The smallest absolute Gasteiger partial charge is 0.258 e. The number of halogens is 1. The van der Waals surface area contributed by atoms with Gasteiger partial charge in [-0.25, -0.2) is 0 Å². The molecule has 1 atom stereocenters. The van der Waals surface area contributed by atoms with Crippen molar-refractivity contribution in [3.05, 3.63) is 51.9 Å². The number of nitrogens with zero attached hydrogens (tertiary/aromatic N) is 1. The van der Waals surface area contributed by atoms with E-state index in [2.05, 4.69) is 5.32 Å². The van der Waals surface area contributed by atoms with Crippen LogP contribution in [0.15, 0.2) is 28.7 Å². The molecule has 6 heteroatoms. The van der Waals surface area contributed by atoms with E-state index >= 15 is 0 Å². The van der Waals surface area contributed by atoms with Crippen molar-refractivity contribution in [1.82, 2.24) is 10.2 Å². The summed E-state index contributed by atoms with van der Waals surface area (Å²) >= 11 is 6.14. The van der Waals surface area contributed by atoms with E-state index in [-0.39, 0.29) is 18.6 Å². The number of carbonyl (C=O) groups excluding carboxylic acids is 1. The summed E-state index contributed by atoms with van der Waals surface area (Å²) in [5, 5.41) is 3.61. The van der Waals surface area contributed by atoms with Crippen LogP contribution in [0.5, 0.6) is 5.75 Å². The normalized spacial score (nSPS) is 12.3. The van der Waals surface area contributed by atoms with Gasteiger partial charge in [0.1, 0.15) is 17.3 Å². The lowest BCUT2D eigenvalue weighted by Crippen LogP contribution is -2.36. The second-order valence-electron chi connectivity index (χ2n) is 6.39. The van der Waals surface area contributed by atoms with Crippen molar-refractivity contribution in [2.75, 3.05) is 27.2 Å². The van der Waals surface area contributed by atoms with Crippen LogP contribution in [0.4, 0.5) is 0 Å². The van der Waals surface area contributed by atoms with Crippen LogP contribution in [0, 0.1) is 20.8 Å². The molecule has 1 N–H and O–H groups in total. The molecule has 0 fully saturated rings. The minimum Gasteiger partial charge on any atom is -0.484 e. The summed E-state index contributed by atoms with van der Waals surface area (Å²) in [6, 6.07) is 7.48. The maximum Gasteiger partial charge on any atom is 0.258 e. The molecule has 0 aliphatic heterocycles. The third-order valence-corrected chi connectivity index (χ3v) is 4.58. The van der Waals surface area contributed by atoms with Crippen LogP contribution in [0.3, 0.4) is 0 Å². The Kier molecular flexibility index (Phi) is 6.51. The highest BCUT2D eigenvalue weighted by Gasteiger charge is 2.18. The maximum absolute atomic E-state index is 12.1. The zero-order valence-electron chi connectivity index (χ0n) is 15.4. The minimum absolute atomic E-state index is 0.0299. The Labute approximate surface area is 153 Å². The summed E-state index contributed by atoms with van der Waals surface area (Å²) in [5.41, 5.74) is 1.86. The number of nitrogens with one attached hydrogen (secondary N) is 1. The molecule has 0 radical (unpaired) electrons. The first-order chi connectivity index (χ1) is 11.8. The lowest BCUT2D eigenvalue weighted by atomic mass is 10.1. The number of benzene rings is 1. The maximum atomic E-state index is 12.1. The summed E-state index contributed by atoms with van der Waals surface area (Å²) < 4.78 is 11.2. The third kappa shape index (κ3) is 5.25. The zero-order valence-corrected chi connectivity index (χ0v) is 16.1. The Hall–Kier alpha value is -1.98. The van der Waals surface area contributed by atoms with Crippen molar-refractivity contribution in [3.8, 4) is 5.75 Å². The van der Waals surface area contributed by atoms with Crippen molar-refractivity contribution >= 4 is 17.5 Å². The zero-order chi connectivity index (χ0) is 18.6. The van der Waals surface area contributed by atoms with Gasteiger partial charge in [0, 0.05) is 11.6 Å². The monoisotopic (exact) mass is 364 g/mol. The summed E-state index contributed by atoms with van der Waals surface area (Å²) in [4.78, 5) is 14.1. The van der Waals surface area contributed by atoms with Crippen molar-refractivity contribution in [1.29, 1.82) is 0 Å². The number of carbonyl (C=O) groups is 1. The van der Waals surface area contributed by atoms with E-state index in [9.17, 15) is 4.79 Å². The molecule has 2 aromatic rings. The standard InChI is InChI=1S/C19H25ClN2O3/c1-12-8-15(9-13(2)19(12)20)24-11-18(23)21-10-16(22(4)5)17-7-6-14(3)25-17/h6-9,16H,10-11H2,1-5H3,(H,21,23)/t16-/m0/s1. The van der Waals surface area contributed by atoms with Gasteiger partial charge >= 0.3 is 0 Å². The van der Waals surface area contributed by atoms with Crippen LogP contribution >= 0.6 is 11.6 Å². The number of aryl methyl sites for hydroxylation is 3. The molecule has 1 aromatic heterocycles. The molecule has 0 spiro atoms. The average molecular weight is 365 g/mol. The lowest BCUT2D eigenvalue weighted by molar-refractivity contribution is -0.123. The summed E-state index contributed by atoms with van der Waals surface area (Å²) in [6.45, 7) is 6.13. The van der Waals surface area contributed by atoms with Gasteiger partial charge in [-0.1, -0.05) is 11.6 Å². The van der Waals surface area contributed by atoms with Gasteiger partial charge in [-0.3, -0.25) is 9.69 Å². The molecule has 0 bridgehead atoms. The van der Waals surface area contributed by atoms with E-state index in [4.69, 9.17) is 20.8 Å².